The number of benzene rings is 1. The third-order valence-corrected chi connectivity index (χ3v) is 7.30. The number of likely N-dealkylation sites (N-methyl/N-ethyl adjacent to an activating group) is 1. The van der Waals surface area contributed by atoms with Crippen molar-refractivity contribution in [2.75, 3.05) is 27.2 Å². The number of esters is 1. The van der Waals surface area contributed by atoms with Crippen LogP contribution in [0.4, 0.5) is 0 Å². The highest BCUT2D eigenvalue weighted by Crippen LogP contribution is 2.41. The summed E-state index contributed by atoms with van der Waals surface area (Å²) in [5.41, 5.74) is 2.78. The Morgan fingerprint density at radius 3 is 2.53 bits per heavy atom. The summed E-state index contributed by atoms with van der Waals surface area (Å²) in [7, 11) is 3.69. The Morgan fingerprint density at radius 1 is 1.22 bits per heavy atom. The molecule has 1 fully saturated rings. The molecule has 0 spiro atoms. The molecule has 1 atom stereocenters. The number of carbonyl (C=O) groups is 1. The SMILES string of the molecule is CN1C=C(OC(=O)C2CCC(O/N=[N+](\O)N(C)C(C)(C)C)CC2)C2=C(C1)[C@H](c1ccc(Cl)cc1)OC2. The molecule has 4 rings (SSSR count). The molecule has 1 aliphatic carbocycles. The number of ether oxygens (including phenoxy) is 2. The molecule has 0 amide bonds. The first-order valence-electron chi connectivity index (χ1n) is 12.4. The molecule has 36 heavy (non-hydrogen) atoms. The summed E-state index contributed by atoms with van der Waals surface area (Å²) in [6.07, 6.45) is 4.13. The average molecular weight is 520 g/mol. The number of halogens is 1. The van der Waals surface area contributed by atoms with Gasteiger partial charge in [-0.2, -0.15) is 0 Å². The van der Waals surface area contributed by atoms with Gasteiger partial charge < -0.3 is 19.2 Å². The molecule has 196 valence electrons. The lowest BCUT2D eigenvalue weighted by Crippen LogP contribution is -2.43. The second-order valence-corrected chi connectivity index (χ2v) is 11.1. The van der Waals surface area contributed by atoms with Gasteiger partial charge in [-0.3, -0.25) is 4.79 Å². The molecule has 2 aliphatic heterocycles. The third kappa shape index (κ3) is 5.95. The van der Waals surface area contributed by atoms with Gasteiger partial charge in [0, 0.05) is 30.4 Å². The van der Waals surface area contributed by atoms with E-state index in [4.69, 9.17) is 25.9 Å². The van der Waals surface area contributed by atoms with E-state index in [1.807, 2.05) is 63.2 Å². The van der Waals surface area contributed by atoms with Crippen molar-refractivity contribution >= 4 is 17.6 Å². The molecule has 9 nitrogen and oxygen atoms in total. The van der Waals surface area contributed by atoms with E-state index >= 15 is 0 Å². The quantitative estimate of drug-likeness (QED) is 0.244. The zero-order chi connectivity index (χ0) is 26.0. The first kappa shape index (κ1) is 26.3. The summed E-state index contributed by atoms with van der Waals surface area (Å²) < 4.78 is 12.0. The molecule has 0 bridgehead atoms. The Balaban J connectivity index is 1.34. The maximum Gasteiger partial charge on any atom is 0.314 e. The largest absolute Gasteiger partial charge is 0.424 e. The molecule has 1 saturated carbocycles. The molecule has 3 aliphatic rings. The number of carbonyl (C=O) groups excluding carboxylic acids is 1. The van der Waals surface area contributed by atoms with Gasteiger partial charge in [0.25, 0.3) is 10.2 Å². The minimum atomic E-state index is -0.306. The minimum absolute atomic E-state index is 0.158. The lowest BCUT2D eigenvalue weighted by Gasteiger charge is -2.28. The molecule has 1 N–H and O–H groups in total. The van der Waals surface area contributed by atoms with Crippen LogP contribution in [0.1, 0.15) is 58.1 Å². The smallest absolute Gasteiger partial charge is 0.314 e. The molecule has 0 aromatic heterocycles. The Bertz CT molecular complexity index is 1060. The number of hydrogen-bond donors (Lipinski definition) is 1. The molecule has 2 heterocycles. The molecule has 1 aromatic rings. The van der Waals surface area contributed by atoms with E-state index in [0.29, 0.717) is 49.6 Å². The third-order valence-electron chi connectivity index (χ3n) is 7.05. The van der Waals surface area contributed by atoms with Crippen LogP contribution in [0, 0.1) is 5.92 Å². The Kier molecular flexibility index (Phi) is 7.80. The van der Waals surface area contributed by atoms with Gasteiger partial charge in [-0.05, 0) is 69.7 Å². The van der Waals surface area contributed by atoms with Crippen molar-refractivity contribution in [3.63, 3.8) is 0 Å². The van der Waals surface area contributed by atoms with Gasteiger partial charge in [0.15, 0.2) is 5.76 Å². The highest BCUT2D eigenvalue weighted by atomic mass is 35.5. The summed E-state index contributed by atoms with van der Waals surface area (Å²) in [5.74, 6) is 0.124. The normalized spacial score (nSPS) is 24.8. The van der Waals surface area contributed by atoms with E-state index in [0.717, 1.165) is 21.7 Å². The zero-order valence-electron chi connectivity index (χ0n) is 21.6. The van der Waals surface area contributed by atoms with E-state index in [-0.39, 0.29) is 29.6 Å². The first-order chi connectivity index (χ1) is 17.0. The van der Waals surface area contributed by atoms with E-state index in [1.54, 1.807) is 12.1 Å². The first-order valence-corrected chi connectivity index (χ1v) is 12.7. The van der Waals surface area contributed by atoms with Gasteiger partial charge in [-0.15, -0.1) is 5.01 Å². The Labute approximate surface area is 217 Å². The van der Waals surface area contributed by atoms with Crippen LogP contribution in [0.5, 0.6) is 0 Å². The predicted octanol–water partition coefficient (Wildman–Crippen LogP) is 5.03. The van der Waals surface area contributed by atoms with Crippen molar-refractivity contribution in [2.45, 2.75) is 64.2 Å². The molecule has 0 saturated heterocycles. The van der Waals surface area contributed by atoms with Crippen molar-refractivity contribution in [1.82, 2.24) is 9.91 Å². The van der Waals surface area contributed by atoms with Crippen LogP contribution in [-0.2, 0) is 19.1 Å². The molecule has 0 radical (unpaired) electrons. The maximum atomic E-state index is 13.0. The van der Waals surface area contributed by atoms with Crippen molar-refractivity contribution in [1.29, 1.82) is 0 Å². The summed E-state index contributed by atoms with van der Waals surface area (Å²) in [5, 5.41) is 16.1. The number of rotatable bonds is 6. The summed E-state index contributed by atoms with van der Waals surface area (Å²) in [6, 6.07) is 7.65. The fourth-order valence-electron chi connectivity index (χ4n) is 4.57. The molecular formula is C26H36ClN4O5+. The molecular weight excluding hydrogens is 484 g/mol. The average Bonchev–Trinajstić information content (AvgIpc) is 3.26. The fraction of sp³-hybridized carbons (Fsp3) is 0.577. The highest BCUT2D eigenvalue weighted by Gasteiger charge is 2.36. The second-order valence-electron chi connectivity index (χ2n) is 10.7. The maximum absolute atomic E-state index is 13.0. The predicted molar refractivity (Wildman–Crippen MR) is 133 cm³/mol. The topological polar surface area (TPSA) is 86.8 Å². The fourth-order valence-corrected chi connectivity index (χ4v) is 4.69. The standard InChI is InChI=1S/C26H36ClN4O5/c1-26(2,3)30(5)31(33)28-36-20-12-8-18(9-13-20)25(32)35-23-15-29(4)14-21-22(23)16-34-24(21)17-6-10-19(27)11-7-17/h6-7,10-11,15,18,20,24H,8-9,12-14,16H2,1-5H3,(H,28,33)/q+1/t18?,20?,24-/m0/s1. The Hall–Kier alpha value is -2.78. The van der Waals surface area contributed by atoms with Gasteiger partial charge in [0.05, 0.1) is 25.1 Å². The van der Waals surface area contributed by atoms with Crippen molar-refractivity contribution < 1.29 is 29.3 Å². The van der Waals surface area contributed by atoms with Crippen molar-refractivity contribution in [3.8, 4) is 0 Å². The second kappa shape index (κ2) is 10.7. The number of nitrogens with zero attached hydrogens (tertiary/aromatic N) is 4. The van der Waals surface area contributed by atoms with Gasteiger partial charge >= 0.3 is 5.97 Å². The number of hydrogen-bond acceptors (Lipinski definition) is 6. The van der Waals surface area contributed by atoms with E-state index < -0.39 is 0 Å². The van der Waals surface area contributed by atoms with Gasteiger partial charge in [0.1, 0.15) is 12.2 Å². The van der Waals surface area contributed by atoms with E-state index in [9.17, 15) is 10.0 Å². The Morgan fingerprint density at radius 2 is 1.89 bits per heavy atom. The van der Waals surface area contributed by atoms with Crippen molar-refractivity contribution in [2.24, 2.45) is 11.2 Å². The van der Waals surface area contributed by atoms with E-state index in [2.05, 4.69) is 5.28 Å². The van der Waals surface area contributed by atoms with Crippen LogP contribution < -0.4 is 0 Å². The summed E-state index contributed by atoms with van der Waals surface area (Å²) >= 11 is 6.05. The van der Waals surface area contributed by atoms with Crippen LogP contribution >= 0.6 is 11.6 Å². The molecule has 0 unspecified atom stereocenters. The summed E-state index contributed by atoms with van der Waals surface area (Å²) in [4.78, 5) is 21.3. The zero-order valence-corrected chi connectivity index (χ0v) is 22.4. The summed E-state index contributed by atoms with van der Waals surface area (Å²) in [6.45, 7) is 6.98. The highest BCUT2D eigenvalue weighted by molar-refractivity contribution is 6.30. The molecule has 1 aromatic carbocycles. The van der Waals surface area contributed by atoms with E-state index in [1.165, 1.54) is 0 Å². The van der Waals surface area contributed by atoms with Crippen LogP contribution in [0.3, 0.4) is 0 Å². The molecule has 10 heteroatoms. The van der Waals surface area contributed by atoms with Crippen LogP contribution in [0.25, 0.3) is 0 Å². The minimum Gasteiger partial charge on any atom is -0.424 e. The lowest BCUT2D eigenvalue weighted by molar-refractivity contribution is -0.946. The number of hydrazine groups is 1. The lowest BCUT2D eigenvalue weighted by atomic mass is 9.87. The van der Waals surface area contributed by atoms with Gasteiger partial charge in [-0.1, -0.05) is 23.7 Å². The van der Waals surface area contributed by atoms with Gasteiger partial charge in [0.2, 0.25) is 0 Å². The van der Waals surface area contributed by atoms with Crippen LogP contribution in [0.2, 0.25) is 5.02 Å². The van der Waals surface area contributed by atoms with Crippen LogP contribution in [0.15, 0.2) is 52.6 Å². The van der Waals surface area contributed by atoms with Gasteiger partial charge in [-0.25, -0.2) is 5.21 Å². The monoisotopic (exact) mass is 519 g/mol. The van der Waals surface area contributed by atoms with Crippen LogP contribution in [-0.4, -0.2) is 64.9 Å². The van der Waals surface area contributed by atoms with Crippen molar-refractivity contribution in [3.05, 3.63) is 58.0 Å².